The normalized spacial score (nSPS) is 17.3. The molecule has 1 aliphatic carbocycles. The standard InChI is InChI=1S/C36H36Cl2N2O13.5H3N/c1-18-2-4-24(39(14-32(43)44)15-33(45)46)30(8-18)51-6-7-52-31-9-19(3-5-25(31)40(16-34(47)48)17-35(49)50)36-20-10-22(37)26(41)12-28(20)53-29-13-27(42)23(38)11-21(29)36;;;;;/h2-5,8-10,12,21,23,29,36,41H,6-7,11,13-17H2,1H3,(H,43,44)(H,45,46)(H,47,48)(H,49,50);5*1H3. The largest absolute Gasteiger partial charge is 0.871 e. The summed E-state index contributed by atoms with van der Waals surface area (Å²) in [6.07, 6.45) is -0.442. The van der Waals surface area contributed by atoms with Crippen molar-refractivity contribution >= 4 is 64.2 Å². The van der Waals surface area contributed by atoms with E-state index in [2.05, 4.69) is 0 Å². The van der Waals surface area contributed by atoms with Gasteiger partial charge >= 0.3 is 0 Å². The Balaban J connectivity index is 0.00000650. The third-order valence-corrected chi connectivity index (χ3v) is 9.55. The van der Waals surface area contributed by atoms with E-state index >= 15 is 0 Å². The second-order valence-electron chi connectivity index (χ2n) is 12.6. The van der Waals surface area contributed by atoms with Crippen LogP contribution in [0.25, 0.3) is 0 Å². The summed E-state index contributed by atoms with van der Waals surface area (Å²) in [5, 5.41) is 57.7. The lowest BCUT2D eigenvalue weighted by atomic mass is 9.69. The second kappa shape index (κ2) is 22.4. The van der Waals surface area contributed by atoms with Crippen LogP contribution in [0.4, 0.5) is 11.4 Å². The number of aryl methyl sites for hydroxylation is 1. The van der Waals surface area contributed by atoms with Gasteiger partial charge < -0.3 is 99.5 Å². The first-order valence-electron chi connectivity index (χ1n) is 16.2. The number of anilines is 2. The molecule has 0 radical (unpaired) electrons. The molecule has 5 rings (SSSR count). The fourth-order valence-electron chi connectivity index (χ4n) is 6.67. The molecule has 0 aromatic heterocycles. The number of ketones is 1. The fraction of sp³-hybridized carbons (Fsp3) is 0.361. The van der Waals surface area contributed by atoms with Crippen LogP contribution < -0.4 is 80.3 Å². The van der Waals surface area contributed by atoms with Crippen LogP contribution in [0.15, 0.2) is 48.5 Å². The number of rotatable bonds is 16. The van der Waals surface area contributed by atoms with Crippen molar-refractivity contribution in [2.75, 3.05) is 49.2 Å². The maximum absolute atomic E-state index is 12.6. The molecule has 1 heterocycles. The molecule has 4 unspecified atom stereocenters. The average molecular weight is 861 g/mol. The van der Waals surface area contributed by atoms with Crippen LogP contribution in [0, 0.1) is 12.8 Å². The number of ether oxygens (including phenoxy) is 3. The number of hydrogen-bond acceptors (Lipinski definition) is 15. The van der Waals surface area contributed by atoms with E-state index in [4.69, 9.17) is 37.4 Å². The smallest absolute Gasteiger partial charge is 0.154 e. The molecule has 1 saturated carbocycles. The van der Waals surface area contributed by atoms with E-state index in [1.54, 1.807) is 31.2 Å². The zero-order valence-electron chi connectivity index (χ0n) is 33.0. The number of fused-ring (bicyclic) bond motifs is 2. The molecule has 20 N–H and O–H groups in total. The number of halogens is 2. The van der Waals surface area contributed by atoms with E-state index in [1.807, 2.05) is 0 Å². The molecule has 0 saturated heterocycles. The highest BCUT2D eigenvalue weighted by atomic mass is 35.5. The minimum absolute atomic E-state index is 0. The van der Waals surface area contributed by atoms with Gasteiger partial charge in [-0.3, -0.25) is 4.79 Å². The van der Waals surface area contributed by atoms with Crippen LogP contribution in [0.3, 0.4) is 0 Å². The summed E-state index contributed by atoms with van der Waals surface area (Å²) in [4.78, 5) is 60.6. The van der Waals surface area contributed by atoms with Gasteiger partial charge in [0.25, 0.3) is 0 Å². The van der Waals surface area contributed by atoms with Crippen molar-refractivity contribution < 1.29 is 63.7 Å². The number of carbonyl (C=O) groups is 5. The number of carboxylic acids is 4. The summed E-state index contributed by atoms with van der Waals surface area (Å²) in [6.45, 7) is -1.96. The van der Waals surface area contributed by atoms with E-state index in [-0.39, 0.29) is 102 Å². The van der Waals surface area contributed by atoms with Gasteiger partial charge in [0.1, 0.15) is 36.6 Å². The van der Waals surface area contributed by atoms with Crippen LogP contribution in [0.5, 0.6) is 23.0 Å². The quantitative estimate of drug-likeness (QED) is 0.0945. The minimum atomic E-state index is -1.58. The van der Waals surface area contributed by atoms with Crippen LogP contribution in [-0.2, 0) is 24.0 Å². The Bertz CT molecular complexity index is 1910. The summed E-state index contributed by atoms with van der Waals surface area (Å²) in [6, 6.07) is 12.0. The third kappa shape index (κ3) is 12.4. The molecule has 58 heavy (non-hydrogen) atoms. The molecule has 2 aliphatic rings. The van der Waals surface area contributed by atoms with E-state index in [1.165, 1.54) is 24.3 Å². The van der Waals surface area contributed by atoms with Gasteiger partial charge in [-0.1, -0.05) is 29.5 Å². The molecule has 20 nitrogen and oxygen atoms in total. The second-order valence-corrected chi connectivity index (χ2v) is 13.5. The van der Waals surface area contributed by atoms with Crippen molar-refractivity contribution in [1.29, 1.82) is 0 Å². The van der Waals surface area contributed by atoms with Crippen molar-refractivity contribution in [3.8, 4) is 23.0 Å². The number of alkyl halides is 1. The molecule has 4 atom stereocenters. The maximum Gasteiger partial charge on any atom is 0.154 e. The topological polar surface area (TPSA) is 417 Å². The Morgan fingerprint density at radius 3 is 1.74 bits per heavy atom. The molecule has 3 aromatic rings. The third-order valence-electron chi connectivity index (χ3n) is 8.83. The fourth-order valence-corrected chi connectivity index (χ4v) is 7.14. The summed E-state index contributed by atoms with van der Waals surface area (Å²) in [5.74, 6) is -7.55. The van der Waals surface area contributed by atoms with Crippen LogP contribution >= 0.6 is 23.2 Å². The summed E-state index contributed by atoms with van der Waals surface area (Å²) in [7, 11) is 0. The summed E-state index contributed by atoms with van der Waals surface area (Å²) in [5.41, 5.74) is 1.95. The Kier molecular flexibility index (Phi) is 20.2. The highest BCUT2D eigenvalue weighted by molar-refractivity contribution is 6.32. The lowest BCUT2D eigenvalue weighted by Crippen LogP contribution is -2.45. The Morgan fingerprint density at radius 1 is 0.759 bits per heavy atom. The van der Waals surface area contributed by atoms with Crippen LogP contribution in [0.1, 0.15) is 35.4 Å². The highest BCUT2D eigenvalue weighted by Gasteiger charge is 2.46. The van der Waals surface area contributed by atoms with Gasteiger partial charge in [-0.25, -0.2) is 0 Å². The Morgan fingerprint density at radius 2 is 1.24 bits per heavy atom. The zero-order valence-corrected chi connectivity index (χ0v) is 34.6. The number of quaternary nitrogens is 5. The molecule has 0 amide bonds. The number of hydrogen-bond donors (Lipinski definition) is 5. The number of nitrogens with zero attached hydrogens (tertiary/aromatic N) is 2. The molecular formula is C36H51Cl2N7O13. The average Bonchev–Trinajstić information content (AvgIpc) is 3.06. The van der Waals surface area contributed by atoms with E-state index in [9.17, 15) is 49.5 Å². The van der Waals surface area contributed by atoms with Gasteiger partial charge in [0, 0.05) is 28.8 Å². The summed E-state index contributed by atoms with van der Waals surface area (Å²) < 4.78 is 18.1. The molecule has 0 bridgehead atoms. The number of Topliss-reactive ketones (excluding diaryl/α,β-unsaturated/α-hetero) is 1. The molecule has 322 valence electrons. The molecule has 1 aliphatic heterocycles. The predicted octanol–water partition coefficient (Wildman–Crippen LogP) is 0.153. The molecule has 1 fully saturated rings. The number of carbonyl (C=O) groups excluding carboxylic acids is 5. The highest BCUT2D eigenvalue weighted by Crippen LogP contribution is 2.51. The number of aliphatic carboxylic acids is 4. The predicted molar refractivity (Wildman–Crippen MR) is 208 cm³/mol. The SMILES string of the molecule is Cc1ccc(N(CC(=O)[O-])CC(=O)[O-])c(OCCOc2cc(C3c4cc(Cl)c([O-])cc4OC4CC(=O)C(Cl)CC43)ccc2N(CC(=O)[O-])CC(=O)[O-])c1.[NH4+].[NH4+].[NH4+].[NH4+].[NH4+]. The monoisotopic (exact) mass is 859 g/mol. The molecule has 22 heteroatoms. The first kappa shape index (κ1) is 52.4. The van der Waals surface area contributed by atoms with Crippen LogP contribution in [-0.4, -0.2) is 80.5 Å². The van der Waals surface area contributed by atoms with Gasteiger partial charge in [0.2, 0.25) is 0 Å². The number of benzene rings is 3. The summed E-state index contributed by atoms with van der Waals surface area (Å²) >= 11 is 12.7. The van der Waals surface area contributed by atoms with E-state index in [0.717, 1.165) is 9.80 Å². The minimum Gasteiger partial charge on any atom is -0.871 e. The van der Waals surface area contributed by atoms with Crippen molar-refractivity contribution in [2.24, 2.45) is 5.92 Å². The number of carboxylic acid groups (broad SMARTS) is 4. The van der Waals surface area contributed by atoms with Gasteiger partial charge in [-0.15, -0.1) is 11.6 Å². The van der Waals surface area contributed by atoms with Crippen molar-refractivity contribution in [3.05, 3.63) is 70.2 Å². The van der Waals surface area contributed by atoms with Crippen molar-refractivity contribution in [2.45, 2.75) is 37.2 Å². The Hall–Kier alpha value is -5.61. The molecular weight excluding hydrogens is 809 g/mol. The zero-order chi connectivity index (χ0) is 38.6. The lowest BCUT2D eigenvalue weighted by Gasteiger charge is -2.44. The van der Waals surface area contributed by atoms with Crippen molar-refractivity contribution in [1.82, 2.24) is 30.8 Å². The molecule has 3 aromatic carbocycles. The Labute approximate surface area is 343 Å². The molecule has 0 spiro atoms. The van der Waals surface area contributed by atoms with Gasteiger partial charge in [-0.2, -0.15) is 0 Å². The van der Waals surface area contributed by atoms with Gasteiger partial charge in [-0.05, 0) is 60.9 Å². The van der Waals surface area contributed by atoms with Crippen LogP contribution in [0.2, 0.25) is 5.02 Å². The first-order chi connectivity index (χ1) is 25.1. The van der Waals surface area contributed by atoms with Crippen molar-refractivity contribution in [3.63, 3.8) is 0 Å². The van der Waals surface area contributed by atoms with Gasteiger partial charge in [0.15, 0.2) is 5.78 Å². The maximum atomic E-state index is 12.6. The van der Waals surface area contributed by atoms with Gasteiger partial charge in [0.05, 0.1) is 66.8 Å². The van der Waals surface area contributed by atoms with E-state index < -0.39 is 73.2 Å². The first-order valence-corrected chi connectivity index (χ1v) is 17.1. The van der Waals surface area contributed by atoms with E-state index in [0.29, 0.717) is 16.7 Å². The lowest BCUT2D eigenvalue weighted by molar-refractivity contribution is -0.307.